The van der Waals surface area contributed by atoms with Gasteiger partial charge in [-0.3, -0.25) is 4.79 Å². The first-order chi connectivity index (χ1) is 17.2. The van der Waals surface area contributed by atoms with Crippen LogP contribution in [-0.2, 0) is 20.4 Å². The van der Waals surface area contributed by atoms with E-state index in [0.29, 0.717) is 33.4 Å². The molecule has 11 heteroatoms. The molecule has 1 aliphatic rings. The van der Waals surface area contributed by atoms with E-state index in [-0.39, 0.29) is 9.80 Å². The molecule has 1 amide bonds. The van der Waals surface area contributed by atoms with E-state index >= 15 is 0 Å². The van der Waals surface area contributed by atoms with E-state index in [2.05, 4.69) is 5.32 Å². The quantitative estimate of drug-likeness (QED) is 0.425. The van der Waals surface area contributed by atoms with Crippen molar-refractivity contribution in [3.05, 3.63) is 76.2 Å². The van der Waals surface area contributed by atoms with E-state index in [1.54, 1.807) is 18.2 Å². The number of hydrogen-bond acceptors (Lipinski definition) is 7. The molecule has 188 valence electrons. The van der Waals surface area contributed by atoms with Gasteiger partial charge >= 0.3 is 0 Å². The fourth-order valence-electron chi connectivity index (χ4n) is 3.58. The molecule has 1 N–H and O–H groups in total. The average molecular weight is 534 g/mol. The number of ether oxygens (including phenoxy) is 3. The van der Waals surface area contributed by atoms with Crippen LogP contribution >= 0.6 is 11.8 Å². The average Bonchev–Trinajstić information content (AvgIpc) is 2.86. The highest BCUT2D eigenvalue weighted by Gasteiger charge is 2.26. The Morgan fingerprint density at radius 3 is 2.17 bits per heavy atom. The number of fused-ring (bicyclic) bond motifs is 1. The van der Waals surface area contributed by atoms with Crippen molar-refractivity contribution >= 4 is 39.3 Å². The van der Waals surface area contributed by atoms with Gasteiger partial charge in [0, 0.05) is 22.6 Å². The summed E-state index contributed by atoms with van der Waals surface area (Å²) in [6, 6.07) is 10.6. The zero-order valence-corrected chi connectivity index (χ0v) is 21.1. The molecule has 0 saturated heterocycles. The standard InChI is InChI=1S/C25H21F2NO6S2/c1-32-14-9-21(33-2)16(22(10-14)34-3)12-24-25(29)28-20-8-7-15(11-23(20)35-24)36(30,31)13-17-18(26)5-4-6-19(17)27/h4-12H,13H2,1-3H3,(H,28,29)/b24-12+. The van der Waals surface area contributed by atoms with E-state index in [0.717, 1.165) is 23.9 Å². The number of amides is 1. The molecule has 3 aromatic rings. The number of sulfone groups is 1. The van der Waals surface area contributed by atoms with Crippen LogP contribution in [-0.4, -0.2) is 35.7 Å². The van der Waals surface area contributed by atoms with Gasteiger partial charge in [-0.15, -0.1) is 0 Å². The van der Waals surface area contributed by atoms with E-state index in [4.69, 9.17) is 14.2 Å². The molecular formula is C25H21F2NO6S2. The Morgan fingerprint density at radius 1 is 0.944 bits per heavy atom. The summed E-state index contributed by atoms with van der Waals surface area (Å²) in [6.07, 6.45) is 1.57. The maximum Gasteiger partial charge on any atom is 0.262 e. The van der Waals surface area contributed by atoms with Gasteiger partial charge in [-0.1, -0.05) is 17.8 Å². The number of nitrogens with one attached hydrogen (secondary N) is 1. The van der Waals surface area contributed by atoms with E-state index in [1.807, 2.05) is 0 Å². The predicted molar refractivity (Wildman–Crippen MR) is 132 cm³/mol. The first kappa shape index (κ1) is 25.5. The minimum atomic E-state index is -4.09. The van der Waals surface area contributed by atoms with Crippen molar-refractivity contribution in [1.29, 1.82) is 0 Å². The maximum atomic E-state index is 14.1. The summed E-state index contributed by atoms with van der Waals surface area (Å²) >= 11 is 1.05. The highest BCUT2D eigenvalue weighted by molar-refractivity contribution is 8.04. The molecule has 1 aliphatic heterocycles. The van der Waals surface area contributed by atoms with E-state index < -0.39 is 38.7 Å². The summed E-state index contributed by atoms with van der Waals surface area (Å²) in [4.78, 5) is 13.3. The van der Waals surface area contributed by atoms with Gasteiger partial charge in [0.2, 0.25) is 0 Å². The predicted octanol–water partition coefficient (Wildman–Crippen LogP) is 5.05. The molecule has 7 nitrogen and oxygen atoms in total. The van der Waals surface area contributed by atoms with Crippen molar-refractivity contribution in [3.8, 4) is 17.2 Å². The number of carbonyl (C=O) groups is 1. The van der Waals surface area contributed by atoms with Gasteiger partial charge in [0.1, 0.15) is 28.9 Å². The summed E-state index contributed by atoms with van der Waals surface area (Å²) in [5.41, 5.74) is 0.364. The van der Waals surface area contributed by atoms with Crippen molar-refractivity contribution in [2.45, 2.75) is 15.5 Å². The third-order valence-electron chi connectivity index (χ3n) is 5.43. The molecule has 0 aromatic heterocycles. The van der Waals surface area contributed by atoms with Gasteiger partial charge < -0.3 is 19.5 Å². The smallest absolute Gasteiger partial charge is 0.262 e. The zero-order chi connectivity index (χ0) is 26.0. The second-order valence-corrected chi connectivity index (χ2v) is 10.7. The SMILES string of the molecule is COc1cc(OC)c(/C=C2/Sc3cc(S(=O)(=O)Cc4c(F)cccc4F)ccc3NC2=O)c(OC)c1. The van der Waals surface area contributed by atoms with Crippen LogP contribution in [0.15, 0.2) is 63.2 Å². The lowest BCUT2D eigenvalue weighted by atomic mass is 10.1. The second kappa shape index (κ2) is 10.2. The monoisotopic (exact) mass is 533 g/mol. The van der Waals surface area contributed by atoms with Crippen LogP contribution in [0.2, 0.25) is 0 Å². The molecule has 0 fully saturated rings. The topological polar surface area (TPSA) is 90.9 Å². The number of rotatable bonds is 7. The minimum absolute atomic E-state index is 0.133. The highest BCUT2D eigenvalue weighted by atomic mass is 32.2. The summed E-state index contributed by atoms with van der Waals surface area (Å²) < 4.78 is 70.1. The Balaban J connectivity index is 1.71. The number of anilines is 1. The summed E-state index contributed by atoms with van der Waals surface area (Å²) in [5.74, 6) is -1.82. The molecule has 3 aromatic carbocycles. The van der Waals surface area contributed by atoms with Crippen LogP contribution in [0.4, 0.5) is 14.5 Å². The number of benzene rings is 3. The Labute approximate surface area is 211 Å². The second-order valence-electron chi connectivity index (χ2n) is 7.63. The fraction of sp³-hybridized carbons (Fsp3) is 0.160. The first-order valence-electron chi connectivity index (χ1n) is 10.5. The number of halogens is 2. The summed E-state index contributed by atoms with van der Waals surface area (Å²) in [5, 5.41) is 2.73. The molecule has 1 heterocycles. The number of methoxy groups -OCH3 is 3. The Hall–Kier alpha value is -3.57. The molecule has 0 saturated carbocycles. The van der Waals surface area contributed by atoms with Crippen LogP contribution in [0, 0.1) is 11.6 Å². The van der Waals surface area contributed by atoms with Gasteiger partial charge in [0.15, 0.2) is 9.84 Å². The van der Waals surface area contributed by atoms with Crippen molar-refractivity contribution in [1.82, 2.24) is 0 Å². The van der Waals surface area contributed by atoms with E-state index in [1.165, 1.54) is 45.6 Å². The molecule has 0 atom stereocenters. The van der Waals surface area contributed by atoms with Crippen molar-refractivity contribution in [2.24, 2.45) is 0 Å². The molecule has 0 spiro atoms. The van der Waals surface area contributed by atoms with E-state index in [9.17, 15) is 22.0 Å². The van der Waals surface area contributed by atoms with Gasteiger partial charge in [-0.25, -0.2) is 17.2 Å². The number of hydrogen-bond donors (Lipinski definition) is 1. The third kappa shape index (κ3) is 5.02. The molecule has 0 unspecified atom stereocenters. The van der Waals surface area contributed by atoms with Crippen molar-refractivity contribution in [2.75, 3.05) is 26.6 Å². The first-order valence-corrected chi connectivity index (χ1v) is 12.9. The fourth-order valence-corrected chi connectivity index (χ4v) is 6.02. The third-order valence-corrected chi connectivity index (χ3v) is 8.15. The number of thioether (sulfide) groups is 1. The van der Waals surface area contributed by atoms with Gasteiger partial charge in [0.05, 0.1) is 48.1 Å². The Kier molecular flexibility index (Phi) is 7.23. The maximum absolute atomic E-state index is 14.1. The van der Waals surface area contributed by atoms with Crippen molar-refractivity contribution < 1.29 is 36.2 Å². The van der Waals surface area contributed by atoms with Crippen molar-refractivity contribution in [3.63, 3.8) is 0 Å². The largest absolute Gasteiger partial charge is 0.496 e. The van der Waals surface area contributed by atoms with Crippen LogP contribution in [0.3, 0.4) is 0 Å². The van der Waals surface area contributed by atoms with Crippen LogP contribution in [0.25, 0.3) is 6.08 Å². The lowest BCUT2D eigenvalue weighted by molar-refractivity contribution is -0.112. The van der Waals surface area contributed by atoms with Gasteiger partial charge in [-0.2, -0.15) is 0 Å². The normalized spacial score (nSPS) is 14.2. The molecule has 0 bridgehead atoms. The Bertz CT molecular complexity index is 1440. The summed E-state index contributed by atoms with van der Waals surface area (Å²) in [7, 11) is 0.345. The van der Waals surface area contributed by atoms with Crippen LogP contribution in [0.1, 0.15) is 11.1 Å². The lowest BCUT2D eigenvalue weighted by Gasteiger charge is -2.20. The van der Waals surface area contributed by atoms with Gasteiger partial charge in [0.25, 0.3) is 5.91 Å². The molecule has 36 heavy (non-hydrogen) atoms. The minimum Gasteiger partial charge on any atom is -0.496 e. The molecular weight excluding hydrogens is 512 g/mol. The van der Waals surface area contributed by atoms with Gasteiger partial charge in [-0.05, 0) is 36.4 Å². The molecule has 0 aliphatic carbocycles. The number of carbonyl (C=O) groups excluding carboxylic acids is 1. The Morgan fingerprint density at radius 2 is 1.58 bits per heavy atom. The summed E-state index contributed by atoms with van der Waals surface area (Å²) in [6.45, 7) is 0. The molecule has 4 rings (SSSR count). The molecule has 0 radical (unpaired) electrons. The van der Waals surface area contributed by atoms with Crippen LogP contribution < -0.4 is 19.5 Å². The highest BCUT2D eigenvalue weighted by Crippen LogP contribution is 2.43. The lowest BCUT2D eigenvalue weighted by Crippen LogP contribution is -2.18. The van der Waals surface area contributed by atoms with Crippen LogP contribution in [0.5, 0.6) is 17.2 Å². The zero-order valence-electron chi connectivity index (χ0n) is 19.4.